The van der Waals surface area contributed by atoms with Gasteiger partial charge in [-0.15, -0.1) is 0 Å². The van der Waals surface area contributed by atoms with Crippen LogP contribution in [0, 0.1) is 0 Å². The highest BCUT2D eigenvalue weighted by Gasteiger charge is 2.13. The predicted octanol–water partition coefficient (Wildman–Crippen LogP) is 1.01. The molecule has 4 nitrogen and oxygen atoms in total. The van der Waals surface area contributed by atoms with E-state index in [2.05, 4.69) is 0 Å². The van der Waals surface area contributed by atoms with E-state index in [0.29, 0.717) is 28.9 Å². The molecule has 0 fully saturated rings. The van der Waals surface area contributed by atoms with Crippen LogP contribution >= 0.6 is 0 Å². The Hall–Kier alpha value is -1.55. The van der Waals surface area contributed by atoms with Gasteiger partial charge >= 0.3 is 0 Å². The van der Waals surface area contributed by atoms with Crippen molar-refractivity contribution in [1.29, 1.82) is 0 Å². The normalized spacial score (nSPS) is 9.64. The fraction of sp³-hybridized carbons (Fsp3) is 0.300. The van der Waals surface area contributed by atoms with E-state index in [1.54, 1.807) is 12.1 Å². The van der Waals surface area contributed by atoms with Gasteiger partial charge in [-0.2, -0.15) is 0 Å². The summed E-state index contributed by atoms with van der Waals surface area (Å²) in [6.07, 6.45) is 0.683. The third-order valence-electron chi connectivity index (χ3n) is 1.93. The van der Waals surface area contributed by atoms with Gasteiger partial charge in [-0.25, -0.2) is 0 Å². The summed E-state index contributed by atoms with van der Waals surface area (Å²) in [6, 6.07) is 3.21. The molecule has 0 atom stereocenters. The number of hydrogen-bond donors (Lipinski definition) is 1. The molecule has 0 radical (unpaired) electrons. The quantitative estimate of drug-likeness (QED) is 0.730. The van der Waals surface area contributed by atoms with Crippen molar-refractivity contribution in [3.8, 4) is 11.5 Å². The van der Waals surface area contributed by atoms with Gasteiger partial charge in [0.15, 0.2) is 17.8 Å². The number of carbonyl (C=O) groups is 1. The molecule has 1 aromatic rings. The van der Waals surface area contributed by atoms with Gasteiger partial charge < -0.3 is 14.6 Å². The first-order valence-corrected chi connectivity index (χ1v) is 4.08. The highest BCUT2D eigenvalue weighted by molar-refractivity contribution is 5.81. The maximum Gasteiger partial charge on any atom is 0.171 e. The van der Waals surface area contributed by atoms with Crippen molar-refractivity contribution in [2.45, 2.75) is 6.61 Å². The molecule has 76 valence electrons. The molecular weight excluding hydrogens is 184 g/mol. The number of hydrogen-bond acceptors (Lipinski definition) is 4. The summed E-state index contributed by atoms with van der Waals surface area (Å²) in [5.41, 5.74) is 0.997. The van der Waals surface area contributed by atoms with Crippen molar-refractivity contribution in [1.82, 2.24) is 0 Å². The Morgan fingerprint density at radius 2 is 1.93 bits per heavy atom. The first-order chi connectivity index (χ1) is 6.78. The van der Waals surface area contributed by atoms with Crippen molar-refractivity contribution in [2.75, 3.05) is 14.2 Å². The molecule has 0 aromatic heterocycles. The van der Waals surface area contributed by atoms with Crippen LogP contribution in [0.15, 0.2) is 12.1 Å². The van der Waals surface area contributed by atoms with Gasteiger partial charge in [-0.3, -0.25) is 4.79 Å². The lowest BCUT2D eigenvalue weighted by atomic mass is 10.1. The SMILES string of the molecule is COc1c(C=O)ccc(CO)c1OC. The van der Waals surface area contributed by atoms with Crippen LogP contribution in [0.4, 0.5) is 0 Å². The van der Waals surface area contributed by atoms with Crippen LogP contribution in [0.25, 0.3) is 0 Å². The van der Waals surface area contributed by atoms with Gasteiger partial charge in [0.25, 0.3) is 0 Å². The summed E-state index contributed by atoms with van der Waals surface area (Å²) in [6.45, 7) is -0.154. The van der Waals surface area contributed by atoms with E-state index in [4.69, 9.17) is 14.6 Å². The molecule has 0 amide bonds. The average molecular weight is 196 g/mol. The standard InChI is InChI=1S/C10H12O4/c1-13-9-7(5-11)3-4-8(6-12)10(9)14-2/h3-5,12H,6H2,1-2H3. The molecule has 0 heterocycles. The first kappa shape index (κ1) is 10.5. The number of aliphatic hydroxyl groups is 1. The van der Waals surface area contributed by atoms with Crippen LogP contribution in [0.2, 0.25) is 0 Å². The molecule has 0 aliphatic carbocycles. The predicted molar refractivity (Wildman–Crippen MR) is 50.9 cm³/mol. The lowest BCUT2D eigenvalue weighted by molar-refractivity contribution is 0.111. The summed E-state index contributed by atoms with van der Waals surface area (Å²) in [7, 11) is 2.91. The minimum absolute atomic E-state index is 0.154. The van der Waals surface area contributed by atoms with Gasteiger partial charge in [0, 0.05) is 5.56 Å². The molecule has 1 N–H and O–H groups in total. The number of aldehydes is 1. The maximum absolute atomic E-state index is 10.7. The molecule has 0 aliphatic rings. The second kappa shape index (κ2) is 4.62. The molecule has 0 aliphatic heterocycles. The Morgan fingerprint density at radius 3 is 2.36 bits per heavy atom. The summed E-state index contributed by atoms with van der Waals surface area (Å²) in [5, 5.41) is 9.01. The summed E-state index contributed by atoms with van der Waals surface area (Å²) >= 11 is 0. The summed E-state index contributed by atoms with van der Waals surface area (Å²) in [4.78, 5) is 10.7. The van der Waals surface area contributed by atoms with Crippen LogP contribution in [0.3, 0.4) is 0 Å². The molecule has 14 heavy (non-hydrogen) atoms. The van der Waals surface area contributed by atoms with E-state index < -0.39 is 0 Å². The van der Waals surface area contributed by atoms with E-state index in [1.807, 2.05) is 0 Å². The number of rotatable bonds is 4. The summed E-state index contributed by atoms with van der Waals surface area (Å²) < 4.78 is 10.1. The van der Waals surface area contributed by atoms with E-state index in [9.17, 15) is 4.79 Å². The van der Waals surface area contributed by atoms with Crippen LogP contribution in [0.1, 0.15) is 15.9 Å². The van der Waals surface area contributed by atoms with Crippen LogP contribution < -0.4 is 9.47 Å². The zero-order valence-corrected chi connectivity index (χ0v) is 8.11. The van der Waals surface area contributed by atoms with E-state index in [1.165, 1.54) is 14.2 Å². The zero-order valence-electron chi connectivity index (χ0n) is 8.11. The van der Waals surface area contributed by atoms with Gasteiger partial charge in [-0.1, -0.05) is 6.07 Å². The third kappa shape index (κ3) is 1.70. The third-order valence-corrected chi connectivity index (χ3v) is 1.93. The largest absolute Gasteiger partial charge is 0.492 e. The van der Waals surface area contributed by atoms with Crippen LogP contribution in [-0.4, -0.2) is 25.6 Å². The Kier molecular flexibility index (Phi) is 3.48. The first-order valence-electron chi connectivity index (χ1n) is 4.08. The average Bonchev–Trinajstić information content (AvgIpc) is 2.26. The highest BCUT2D eigenvalue weighted by atomic mass is 16.5. The smallest absolute Gasteiger partial charge is 0.171 e. The number of ether oxygens (including phenoxy) is 2. The molecule has 1 rings (SSSR count). The molecular formula is C10H12O4. The molecule has 0 saturated carbocycles. The van der Waals surface area contributed by atoms with Gasteiger partial charge in [0.2, 0.25) is 0 Å². The van der Waals surface area contributed by atoms with Crippen molar-refractivity contribution >= 4 is 6.29 Å². The topological polar surface area (TPSA) is 55.8 Å². The minimum Gasteiger partial charge on any atom is -0.492 e. The van der Waals surface area contributed by atoms with Crippen molar-refractivity contribution in [3.05, 3.63) is 23.3 Å². The van der Waals surface area contributed by atoms with E-state index in [-0.39, 0.29) is 6.61 Å². The zero-order chi connectivity index (χ0) is 10.6. The Labute approximate surface area is 82.1 Å². The van der Waals surface area contributed by atoms with E-state index in [0.717, 1.165) is 0 Å². The Morgan fingerprint density at radius 1 is 1.29 bits per heavy atom. The fourth-order valence-electron chi connectivity index (χ4n) is 1.27. The minimum atomic E-state index is -0.154. The van der Waals surface area contributed by atoms with Crippen molar-refractivity contribution in [3.63, 3.8) is 0 Å². The van der Waals surface area contributed by atoms with Gasteiger partial charge in [0.05, 0.1) is 26.4 Å². The molecule has 0 spiro atoms. The second-order valence-electron chi connectivity index (χ2n) is 2.66. The van der Waals surface area contributed by atoms with Gasteiger partial charge in [-0.05, 0) is 6.07 Å². The van der Waals surface area contributed by atoms with Gasteiger partial charge in [0.1, 0.15) is 0 Å². The van der Waals surface area contributed by atoms with Crippen molar-refractivity contribution in [2.24, 2.45) is 0 Å². The van der Waals surface area contributed by atoms with Crippen molar-refractivity contribution < 1.29 is 19.4 Å². The second-order valence-corrected chi connectivity index (χ2v) is 2.66. The lowest BCUT2D eigenvalue weighted by Crippen LogP contribution is -1.99. The maximum atomic E-state index is 10.7. The fourth-order valence-corrected chi connectivity index (χ4v) is 1.27. The number of carbonyl (C=O) groups excluding carboxylic acids is 1. The lowest BCUT2D eigenvalue weighted by Gasteiger charge is -2.12. The van der Waals surface area contributed by atoms with E-state index >= 15 is 0 Å². The number of benzene rings is 1. The highest BCUT2D eigenvalue weighted by Crippen LogP contribution is 2.33. The Bertz CT molecular complexity index is 333. The molecule has 1 aromatic carbocycles. The number of methoxy groups -OCH3 is 2. The monoisotopic (exact) mass is 196 g/mol. The summed E-state index contributed by atoms with van der Waals surface area (Å²) in [5.74, 6) is 0.758. The number of aliphatic hydroxyl groups excluding tert-OH is 1. The molecule has 4 heteroatoms. The molecule has 0 saturated heterocycles. The Balaban J connectivity index is 3.35. The molecule has 0 unspecified atom stereocenters. The van der Waals surface area contributed by atoms with Crippen LogP contribution in [-0.2, 0) is 6.61 Å². The molecule has 0 bridgehead atoms. The van der Waals surface area contributed by atoms with Crippen LogP contribution in [0.5, 0.6) is 11.5 Å².